The van der Waals surface area contributed by atoms with Gasteiger partial charge in [0.2, 0.25) is 0 Å². The van der Waals surface area contributed by atoms with Crippen molar-refractivity contribution in [2.45, 2.75) is 36.6 Å². The summed E-state index contributed by atoms with van der Waals surface area (Å²) in [6, 6.07) is 7.33. The quantitative estimate of drug-likeness (QED) is 0.851. The molecule has 0 saturated carbocycles. The van der Waals surface area contributed by atoms with Gasteiger partial charge in [-0.25, -0.2) is 0 Å². The van der Waals surface area contributed by atoms with Gasteiger partial charge in [0.15, 0.2) is 0 Å². The molecule has 2 heterocycles. The lowest BCUT2D eigenvalue weighted by Crippen LogP contribution is -2.35. The van der Waals surface area contributed by atoms with E-state index >= 15 is 0 Å². The van der Waals surface area contributed by atoms with Gasteiger partial charge in [0, 0.05) is 6.04 Å². The summed E-state index contributed by atoms with van der Waals surface area (Å²) in [4.78, 5) is 1.29. The van der Waals surface area contributed by atoms with Gasteiger partial charge in [-0.2, -0.15) is 0 Å². The highest BCUT2D eigenvalue weighted by molar-refractivity contribution is 7.99. The van der Waals surface area contributed by atoms with E-state index in [2.05, 4.69) is 23.5 Å². The minimum absolute atomic E-state index is 0.667. The minimum Gasteiger partial charge on any atom is -0.481 e. The summed E-state index contributed by atoms with van der Waals surface area (Å²) in [6.45, 7) is 1.18. The number of rotatable bonds is 2. The summed E-state index contributed by atoms with van der Waals surface area (Å²) < 4.78 is 5.57. The molecule has 1 fully saturated rings. The summed E-state index contributed by atoms with van der Waals surface area (Å²) in [5.41, 5.74) is 1.40. The van der Waals surface area contributed by atoms with Gasteiger partial charge >= 0.3 is 0 Å². The molecule has 1 N–H and O–H groups in total. The highest BCUT2D eigenvalue weighted by atomic mass is 32.2. The summed E-state index contributed by atoms with van der Waals surface area (Å²) in [5, 5.41) is 3.59. The Hall–Kier alpha value is -0.670. The second-order valence-corrected chi connectivity index (χ2v) is 5.50. The molecule has 3 rings (SSSR count). The van der Waals surface area contributed by atoms with Gasteiger partial charge in [-0.05, 0) is 43.5 Å². The third-order valence-electron chi connectivity index (χ3n) is 3.33. The maximum absolute atomic E-state index is 5.57. The Morgan fingerprint density at radius 3 is 3.25 bits per heavy atom. The Morgan fingerprint density at radius 1 is 1.38 bits per heavy atom. The predicted octanol–water partition coefficient (Wildman–Crippen LogP) is 2.81. The van der Waals surface area contributed by atoms with Crippen molar-refractivity contribution in [1.82, 2.24) is 5.32 Å². The SMILES string of the molecule is c1cc2c(cc1CC1CCCCN1)OCS2. The largest absolute Gasteiger partial charge is 0.481 e. The lowest BCUT2D eigenvalue weighted by Gasteiger charge is -2.23. The van der Waals surface area contributed by atoms with E-state index in [1.807, 2.05) is 0 Å². The molecule has 1 atom stereocenters. The third kappa shape index (κ3) is 2.20. The Labute approximate surface area is 101 Å². The van der Waals surface area contributed by atoms with E-state index in [-0.39, 0.29) is 0 Å². The molecule has 1 aromatic carbocycles. The molecule has 0 bridgehead atoms. The first-order chi connectivity index (χ1) is 7.92. The maximum Gasteiger partial charge on any atom is 0.138 e. The summed E-state index contributed by atoms with van der Waals surface area (Å²) >= 11 is 1.78. The summed E-state index contributed by atoms with van der Waals surface area (Å²) in [6.07, 6.45) is 5.16. The molecular weight excluding hydrogens is 218 g/mol. The van der Waals surface area contributed by atoms with Crippen LogP contribution in [0.1, 0.15) is 24.8 Å². The van der Waals surface area contributed by atoms with Crippen molar-refractivity contribution in [3.8, 4) is 5.75 Å². The Morgan fingerprint density at radius 2 is 2.38 bits per heavy atom. The molecule has 1 unspecified atom stereocenters. The number of fused-ring (bicyclic) bond motifs is 1. The van der Waals surface area contributed by atoms with Gasteiger partial charge in [-0.15, -0.1) is 0 Å². The highest BCUT2D eigenvalue weighted by Gasteiger charge is 2.16. The number of benzene rings is 1. The van der Waals surface area contributed by atoms with Gasteiger partial charge < -0.3 is 10.1 Å². The van der Waals surface area contributed by atoms with Crippen LogP contribution >= 0.6 is 11.8 Å². The van der Waals surface area contributed by atoms with E-state index in [0.29, 0.717) is 6.04 Å². The lowest BCUT2D eigenvalue weighted by molar-refractivity contribution is 0.390. The smallest absolute Gasteiger partial charge is 0.138 e. The molecular formula is C13H17NOS. The van der Waals surface area contributed by atoms with E-state index in [0.717, 1.165) is 18.1 Å². The molecule has 2 nitrogen and oxygen atoms in total. The van der Waals surface area contributed by atoms with Crippen molar-refractivity contribution in [3.63, 3.8) is 0 Å². The Bertz CT molecular complexity index is 374. The topological polar surface area (TPSA) is 21.3 Å². The molecule has 16 heavy (non-hydrogen) atoms. The molecule has 0 amide bonds. The average Bonchev–Trinajstić information content (AvgIpc) is 2.77. The number of ether oxygens (including phenoxy) is 1. The van der Waals surface area contributed by atoms with Crippen molar-refractivity contribution < 1.29 is 4.74 Å². The van der Waals surface area contributed by atoms with Crippen LogP contribution in [0, 0.1) is 0 Å². The number of hydrogen-bond donors (Lipinski definition) is 1. The number of nitrogens with one attached hydrogen (secondary N) is 1. The van der Waals surface area contributed by atoms with Crippen LogP contribution in [0.15, 0.2) is 23.1 Å². The van der Waals surface area contributed by atoms with E-state index in [9.17, 15) is 0 Å². The number of thioether (sulfide) groups is 1. The standard InChI is InChI=1S/C13H17NOS/c1-2-6-14-11(3-1)7-10-4-5-13-12(8-10)15-9-16-13/h4-5,8,11,14H,1-3,6-7,9H2. The fraction of sp³-hybridized carbons (Fsp3) is 0.538. The fourth-order valence-electron chi connectivity index (χ4n) is 2.45. The first-order valence-electron chi connectivity index (χ1n) is 6.04. The second-order valence-electron chi connectivity index (χ2n) is 4.54. The maximum atomic E-state index is 5.57. The van der Waals surface area contributed by atoms with Crippen LogP contribution in [0.2, 0.25) is 0 Å². The molecule has 2 aliphatic heterocycles. The zero-order chi connectivity index (χ0) is 10.8. The average molecular weight is 235 g/mol. The van der Waals surface area contributed by atoms with Gasteiger partial charge in [0.1, 0.15) is 11.7 Å². The van der Waals surface area contributed by atoms with Gasteiger partial charge in [0.05, 0.1) is 4.90 Å². The monoisotopic (exact) mass is 235 g/mol. The summed E-state index contributed by atoms with van der Waals surface area (Å²) in [5.74, 6) is 1.86. The van der Waals surface area contributed by atoms with Crippen molar-refractivity contribution in [1.29, 1.82) is 0 Å². The third-order valence-corrected chi connectivity index (χ3v) is 4.22. The summed E-state index contributed by atoms with van der Waals surface area (Å²) in [7, 11) is 0. The van der Waals surface area contributed by atoms with Crippen LogP contribution in [0.4, 0.5) is 0 Å². The molecule has 0 radical (unpaired) electrons. The molecule has 1 saturated heterocycles. The Balaban J connectivity index is 1.69. The lowest BCUT2D eigenvalue weighted by atomic mass is 9.98. The zero-order valence-corrected chi connectivity index (χ0v) is 10.2. The van der Waals surface area contributed by atoms with Crippen LogP contribution in [-0.4, -0.2) is 18.5 Å². The van der Waals surface area contributed by atoms with Crippen LogP contribution in [-0.2, 0) is 6.42 Å². The van der Waals surface area contributed by atoms with Crippen LogP contribution in [0.25, 0.3) is 0 Å². The normalized spacial score (nSPS) is 23.9. The predicted molar refractivity (Wildman–Crippen MR) is 67.1 cm³/mol. The van der Waals surface area contributed by atoms with E-state index in [1.165, 1.54) is 36.3 Å². The number of hydrogen-bond acceptors (Lipinski definition) is 3. The van der Waals surface area contributed by atoms with Crippen LogP contribution in [0.5, 0.6) is 5.75 Å². The second kappa shape index (κ2) is 4.68. The highest BCUT2D eigenvalue weighted by Crippen LogP contribution is 2.36. The first kappa shape index (κ1) is 10.5. The molecule has 0 aromatic heterocycles. The van der Waals surface area contributed by atoms with E-state index < -0.39 is 0 Å². The van der Waals surface area contributed by atoms with Crippen molar-refractivity contribution in [2.24, 2.45) is 0 Å². The first-order valence-corrected chi connectivity index (χ1v) is 7.02. The molecule has 2 aliphatic rings. The molecule has 86 valence electrons. The van der Waals surface area contributed by atoms with Gasteiger partial charge in [-0.1, -0.05) is 24.2 Å². The Kier molecular flexibility index (Phi) is 3.06. The van der Waals surface area contributed by atoms with Crippen LogP contribution in [0.3, 0.4) is 0 Å². The van der Waals surface area contributed by atoms with Gasteiger partial charge in [0.25, 0.3) is 0 Å². The minimum atomic E-state index is 0.667. The molecule has 0 spiro atoms. The molecule has 0 aliphatic carbocycles. The van der Waals surface area contributed by atoms with Crippen molar-refractivity contribution in [2.75, 3.05) is 12.5 Å². The molecule has 3 heteroatoms. The van der Waals surface area contributed by atoms with Gasteiger partial charge in [-0.3, -0.25) is 0 Å². The van der Waals surface area contributed by atoms with Crippen LogP contribution < -0.4 is 10.1 Å². The fourth-order valence-corrected chi connectivity index (χ4v) is 3.19. The number of piperidine rings is 1. The van der Waals surface area contributed by atoms with E-state index in [4.69, 9.17) is 4.74 Å². The zero-order valence-electron chi connectivity index (χ0n) is 9.37. The van der Waals surface area contributed by atoms with E-state index in [1.54, 1.807) is 11.8 Å². The molecule has 1 aromatic rings. The van der Waals surface area contributed by atoms with Crippen molar-refractivity contribution in [3.05, 3.63) is 23.8 Å². The van der Waals surface area contributed by atoms with Crippen molar-refractivity contribution >= 4 is 11.8 Å².